The van der Waals surface area contributed by atoms with Crippen molar-refractivity contribution >= 4 is 0 Å². The smallest absolute Gasteiger partial charge is 0.142 e. The first-order valence-electron chi connectivity index (χ1n) is 6.75. The van der Waals surface area contributed by atoms with Crippen LogP contribution in [0, 0.1) is 0 Å². The first-order chi connectivity index (χ1) is 9.43. The Bertz CT molecular complexity index is 501. The molecule has 2 aromatic rings. The highest BCUT2D eigenvalue weighted by Gasteiger charge is 2.26. The molecule has 0 radical (unpaired) electrons. The second-order valence-corrected chi connectivity index (χ2v) is 4.84. The molecule has 1 saturated heterocycles. The minimum Gasteiger partial charge on any atom is -0.478 e. The Kier molecular flexibility index (Phi) is 3.75. The maximum Gasteiger partial charge on any atom is 0.142 e. The lowest BCUT2D eigenvalue weighted by Crippen LogP contribution is -2.27. The van der Waals surface area contributed by atoms with Crippen LogP contribution in [0.1, 0.15) is 24.4 Å². The number of benzene rings is 1. The number of pyridine rings is 1. The molecule has 1 aliphatic rings. The average molecular weight is 254 g/mol. The quantitative estimate of drug-likeness (QED) is 0.837. The molecule has 0 aliphatic carbocycles. The van der Waals surface area contributed by atoms with Crippen LogP contribution >= 0.6 is 0 Å². The summed E-state index contributed by atoms with van der Waals surface area (Å²) in [6.07, 6.45) is 6.19. The van der Waals surface area contributed by atoms with Crippen molar-refractivity contribution in [3.8, 4) is 5.75 Å². The van der Waals surface area contributed by atoms with Crippen molar-refractivity contribution in [3.05, 3.63) is 60.4 Å². The van der Waals surface area contributed by atoms with E-state index < -0.39 is 0 Å². The highest BCUT2D eigenvalue weighted by Crippen LogP contribution is 2.31. The fourth-order valence-corrected chi connectivity index (χ4v) is 2.61. The molecule has 0 N–H and O–H groups in total. The van der Waals surface area contributed by atoms with Gasteiger partial charge in [-0.3, -0.25) is 9.88 Å². The van der Waals surface area contributed by atoms with E-state index >= 15 is 0 Å². The number of aromatic nitrogens is 1. The van der Waals surface area contributed by atoms with Crippen molar-refractivity contribution in [2.24, 2.45) is 0 Å². The Labute approximate surface area is 113 Å². The highest BCUT2D eigenvalue weighted by atomic mass is 16.5. The van der Waals surface area contributed by atoms with E-state index in [2.05, 4.69) is 16.0 Å². The molecule has 1 unspecified atom stereocenters. The second-order valence-electron chi connectivity index (χ2n) is 4.84. The largest absolute Gasteiger partial charge is 0.478 e. The van der Waals surface area contributed by atoms with Crippen LogP contribution in [0.4, 0.5) is 0 Å². The zero-order chi connectivity index (χ0) is 12.9. The van der Waals surface area contributed by atoms with Crippen molar-refractivity contribution in [1.82, 2.24) is 9.88 Å². The summed E-state index contributed by atoms with van der Waals surface area (Å²) in [5.74, 6) is 0.930. The van der Waals surface area contributed by atoms with Crippen LogP contribution in [0.5, 0.6) is 5.75 Å². The van der Waals surface area contributed by atoms with E-state index in [-0.39, 0.29) is 0 Å². The summed E-state index contributed by atoms with van der Waals surface area (Å²) in [5, 5.41) is 0. The van der Waals surface area contributed by atoms with E-state index in [0.29, 0.717) is 12.8 Å². The Morgan fingerprint density at radius 3 is 2.84 bits per heavy atom. The third kappa shape index (κ3) is 2.93. The van der Waals surface area contributed by atoms with E-state index in [1.54, 1.807) is 0 Å². The molecule has 98 valence electrons. The summed E-state index contributed by atoms with van der Waals surface area (Å²) >= 11 is 0. The van der Waals surface area contributed by atoms with E-state index in [1.165, 1.54) is 18.4 Å². The number of para-hydroxylation sites is 1. The molecule has 3 nitrogen and oxygen atoms in total. The maximum atomic E-state index is 5.85. The van der Waals surface area contributed by atoms with Gasteiger partial charge >= 0.3 is 0 Å². The van der Waals surface area contributed by atoms with Crippen molar-refractivity contribution in [3.63, 3.8) is 0 Å². The maximum absolute atomic E-state index is 5.85. The van der Waals surface area contributed by atoms with Crippen molar-refractivity contribution in [2.75, 3.05) is 13.3 Å². The summed E-state index contributed by atoms with van der Waals surface area (Å²) in [4.78, 5) is 6.59. The number of hydrogen-bond acceptors (Lipinski definition) is 3. The van der Waals surface area contributed by atoms with Gasteiger partial charge in [0, 0.05) is 25.0 Å². The number of ether oxygens (including phenoxy) is 1. The minimum atomic E-state index is 0.442. The van der Waals surface area contributed by atoms with Crippen molar-refractivity contribution in [1.29, 1.82) is 0 Å². The van der Waals surface area contributed by atoms with Gasteiger partial charge in [-0.25, -0.2) is 0 Å². The highest BCUT2D eigenvalue weighted by molar-refractivity contribution is 5.21. The molecular formula is C16H18N2O. The van der Waals surface area contributed by atoms with Gasteiger partial charge in [-0.05, 0) is 36.6 Å². The van der Waals surface area contributed by atoms with Crippen LogP contribution in [0.2, 0.25) is 0 Å². The van der Waals surface area contributed by atoms with Gasteiger partial charge in [0.15, 0.2) is 0 Å². The molecule has 0 spiro atoms. The molecule has 0 bridgehead atoms. The second kappa shape index (κ2) is 5.85. The van der Waals surface area contributed by atoms with Crippen LogP contribution in [0.25, 0.3) is 0 Å². The molecule has 1 fully saturated rings. The molecular weight excluding hydrogens is 236 g/mol. The van der Waals surface area contributed by atoms with Crippen molar-refractivity contribution < 1.29 is 4.74 Å². The monoisotopic (exact) mass is 254 g/mol. The molecule has 2 heterocycles. The Hall–Kier alpha value is -1.87. The van der Waals surface area contributed by atoms with E-state index in [1.807, 2.05) is 48.8 Å². The molecule has 0 saturated carbocycles. The lowest BCUT2D eigenvalue weighted by molar-refractivity contribution is 0.114. The fraction of sp³-hybridized carbons (Fsp3) is 0.312. The van der Waals surface area contributed by atoms with E-state index in [4.69, 9.17) is 4.74 Å². The van der Waals surface area contributed by atoms with Gasteiger partial charge in [-0.2, -0.15) is 0 Å². The van der Waals surface area contributed by atoms with Gasteiger partial charge in [0.25, 0.3) is 0 Å². The summed E-state index contributed by atoms with van der Waals surface area (Å²) in [6, 6.07) is 14.6. The van der Waals surface area contributed by atoms with Crippen LogP contribution in [-0.2, 0) is 0 Å². The number of nitrogens with zero attached hydrogens (tertiary/aromatic N) is 2. The average Bonchev–Trinajstić information content (AvgIpc) is 2.95. The van der Waals surface area contributed by atoms with E-state index in [9.17, 15) is 0 Å². The molecule has 1 aromatic carbocycles. The predicted octanol–water partition coefficient (Wildman–Crippen LogP) is 3.26. The zero-order valence-electron chi connectivity index (χ0n) is 10.9. The number of likely N-dealkylation sites (tertiary alicyclic amines) is 1. The van der Waals surface area contributed by atoms with Gasteiger partial charge in [0.2, 0.25) is 0 Å². The summed E-state index contributed by atoms with van der Waals surface area (Å²) in [5.41, 5.74) is 1.29. The van der Waals surface area contributed by atoms with Gasteiger partial charge in [0.05, 0.1) is 0 Å². The zero-order valence-corrected chi connectivity index (χ0v) is 10.9. The van der Waals surface area contributed by atoms with Crippen LogP contribution in [-0.4, -0.2) is 23.2 Å². The fourth-order valence-electron chi connectivity index (χ4n) is 2.61. The van der Waals surface area contributed by atoms with Crippen LogP contribution < -0.4 is 4.74 Å². The topological polar surface area (TPSA) is 25.4 Å². The SMILES string of the molecule is c1ccc(OCN2CCCC2c2cccnc2)cc1. The number of rotatable bonds is 4. The first kappa shape index (κ1) is 12.2. The Balaban J connectivity index is 1.64. The Morgan fingerprint density at radius 2 is 2.05 bits per heavy atom. The van der Waals surface area contributed by atoms with Gasteiger partial charge < -0.3 is 4.74 Å². The third-order valence-corrected chi connectivity index (χ3v) is 3.57. The van der Waals surface area contributed by atoms with Crippen LogP contribution in [0.3, 0.4) is 0 Å². The lowest BCUT2D eigenvalue weighted by atomic mass is 10.1. The Morgan fingerprint density at radius 1 is 1.16 bits per heavy atom. The summed E-state index contributed by atoms with van der Waals surface area (Å²) in [6.45, 7) is 1.73. The molecule has 1 atom stereocenters. The summed E-state index contributed by atoms with van der Waals surface area (Å²) < 4.78 is 5.85. The predicted molar refractivity (Wildman–Crippen MR) is 74.9 cm³/mol. The van der Waals surface area contributed by atoms with Gasteiger partial charge in [-0.15, -0.1) is 0 Å². The molecule has 19 heavy (non-hydrogen) atoms. The molecule has 3 rings (SSSR count). The third-order valence-electron chi connectivity index (χ3n) is 3.57. The van der Waals surface area contributed by atoms with Crippen LogP contribution in [0.15, 0.2) is 54.9 Å². The molecule has 3 heteroatoms. The first-order valence-corrected chi connectivity index (χ1v) is 6.75. The summed E-state index contributed by atoms with van der Waals surface area (Å²) in [7, 11) is 0. The lowest BCUT2D eigenvalue weighted by Gasteiger charge is -2.24. The molecule has 1 aliphatic heterocycles. The van der Waals surface area contributed by atoms with Gasteiger partial charge in [0.1, 0.15) is 12.5 Å². The number of hydrogen-bond donors (Lipinski definition) is 0. The standard InChI is InChI=1S/C16H18N2O/c1-2-7-15(8-3-1)19-13-18-11-5-9-16(18)14-6-4-10-17-12-14/h1-4,6-8,10,12,16H,5,9,11,13H2. The minimum absolute atomic E-state index is 0.442. The van der Waals surface area contributed by atoms with E-state index in [0.717, 1.165) is 12.3 Å². The van der Waals surface area contributed by atoms with Gasteiger partial charge in [-0.1, -0.05) is 24.3 Å². The van der Waals surface area contributed by atoms with Crippen molar-refractivity contribution in [2.45, 2.75) is 18.9 Å². The molecule has 1 aromatic heterocycles. The molecule has 0 amide bonds. The normalized spacial score (nSPS) is 19.5.